The number of methoxy groups -OCH3 is 1. The molecule has 0 aliphatic carbocycles. The van der Waals surface area contributed by atoms with Crippen LogP contribution >= 0.6 is 0 Å². The maximum Gasteiger partial charge on any atom is 0.251 e. The van der Waals surface area contributed by atoms with Crippen molar-refractivity contribution in [3.63, 3.8) is 0 Å². The number of amides is 1. The lowest BCUT2D eigenvalue weighted by Crippen LogP contribution is -2.25. The van der Waals surface area contributed by atoms with Crippen LogP contribution in [0.15, 0.2) is 60.8 Å². The highest BCUT2D eigenvalue weighted by Crippen LogP contribution is 2.24. The first-order chi connectivity index (χ1) is 14.7. The molecule has 7 heteroatoms. The van der Waals surface area contributed by atoms with Gasteiger partial charge in [-0.2, -0.15) is 4.98 Å². The van der Waals surface area contributed by atoms with Gasteiger partial charge in [0.1, 0.15) is 11.5 Å². The van der Waals surface area contributed by atoms with Gasteiger partial charge in [-0.1, -0.05) is 12.1 Å². The number of nitrogens with zero attached hydrogens (tertiary/aromatic N) is 2. The standard InChI is InChI=1S/C23H25N3O4/c1-3-29-15-5-13-25-23(27)18-7-4-6-17(16-18)22-24-14-12-21(26-22)30-20-10-8-19(28-2)9-11-20/h4,6-12,14,16H,3,5,13,15H2,1-2H3,(H,25,27). The van der Waals surface area contributed by atoms with Crippen molar-refractivity contribution in [1.29, 1.82) is 0 Å². The van der Waals surface area contributed by atoms with E-state index in [2.05, 4.69) is 15.3 Å². The molecule has 1 heterocycles. The summed E-state index contributed by atoms with van der Waals surface area (Å²) in [4.78, 5) is 21.2. The molecule has 30 heavy (non-hydrogen) atoms. The summed E-state index contributed by atoms with van der Waals surface area (Å²) in [6, 6.07) is 16.1. The Morgan fingerprint density at radius 2 is 1.87 bits per heavy atom. The van der Waals surface area contributed by atoms with Crippen molar-refractivity contribution in [2.45, 2.75) is 13.3 Å². The van der Waals surface area contributed by atoms with Gasteiger partial charge in [0.2, 0.25) is 5.88 Å². The van der Waals surface area contributed by atoms with E-state index in [4.69, 9.17) is 14.2 Å². The summed E-state index contributed by atoms with van der Waals surface area (Å²) in [7, 11) is 1.61. The van der Waals surface area contributed by atoms with Crippen LogP contribution in [0.5, 0.6) is 17.4 Å². The average molecular weight is 407 g/mol. The van der Waals surface area contributed by atoms with Crippen molar-refractivity contribution in [3.8, 4) is 28.8 Å². The molecule has 7 nitrogen and oxygen atoms in total. The summed E-state index contributed by atoms with van der Waals surface area (Å²) in [6.07, 6.45) is 2.40. The van der Waals surface area contributed by atoms with E-state index in [-0.39, 0.29) is 5.91 Å². The van der Waals surface area contributed by atoms with Gasteiger partial charge in [0.15, 0.2) is 5.82 Å². The number of hydrogen-bond acceptors (Lipinski definition) is 6. The fourth-order valence-corrected chi connectivity index (χ4v) is 2.72. The van der Waals surface area contributed by atoms with E-state index in [1.54, 1.807) is 43.6 Å². The summed E-state index contributed by atoms with van der Waals surface area (Å²) in [5, 5.41) is 2.90. The number of benzene rings is 2. The monoisotopic (exact) mass is 407 g/mol. The van der Waals surface area contributed by atoms with Crippen LogP contribution in [0.25, 0.3) is 11.4 Å². The van der Waals surface area contributed by atoms with Crippen LogP contribution in [0.4, 0.5) is 0 Å². The minimum atomic E-state index is -0.140. The molecule has 1 aromatic heterocycles. The fourth-order valence-electron chi connectivity index (χ4n) is 2.72. The van der Waals surface area contributed by atoms with Gasteiger partial charge in [-0.15, -0.1) is 0 Å². The van der Waals surface area contributed by atoms with Crippen LogP contribution in [0, 0.1) is 0 Å². The van der Waals surface area contributed by atoms with E-state index in [0.29, 0.717) is 42.8 Å². The molecule has 0 fully saturated rings. The fraction of sp³-hybridized carbons (Fsp3) is 0.261. The first-order valence-electron chi connectivity index (χ1n) is 9.81. The molecule has 3 rings (SSSR count). The molecule has 1 N–H and O–H groups in total. The number of aromatic nitrogens is 2. The minimum absolute atomic E-state index is 0.140. The normalized spacial score (nSPS) is 10.5. The third-order valence-electron chi connectivity index (χ3n) is 4.25. The Morgan fingerprint density at radius 3 is 2.63 bits per heavy atom. The van der Waals surface area contributed by atoms with Gasteiger partial charge in [-0.3, -0.25) is 4.79 Å². The molecule has 156 valence electrons. The second-order valence-electron chi connectivity index (χ2n) is 6.38. The molecule has 0 atom stereocenters. The van der Waals surface area contributed by atoms with Gasteiger partial charge in [0, 0.05) is 43.1 Å². The largest absolute Gasteiger partial charge is 0.497 e. The molecule has 0 radical (unpaired) electrons. The lowest BCUT2D eigenvalue weighted by molar-refractivity contribution is 0.0944. The van der Waals surface area contributed by atoms with Crippen molar-refractivity contribution >= 4 is 5.91 Å². The molecule has 0 saturated carbocycles. The summed E-state index contributed by atoms with van der Waals surface area (Å²) in [6.45, 7) is 3.82. The molecule has 0 aliphatic rings. The van der Waals surface area contributed by atoms with E-state index >= 15 is 0 Å². The van der Waals surface area contributed by atoms with Crippen LogP contribution < -0.4 is 14.8 Å². The number of rotatable bonds is 10. The molecule has 0 saturated heterocycles. The second-order valence-corrected chi connectivity index (χ2v) is 6.38. The van der Waals surface area contributed by atoms with Crippen LogP contribution in [0.2, 0.25) is 0 Å². The third-order valence-corrected chi connectivity index (χ3v) is 4.25. The molecule has 0 aliphatic heterocycles. The van der Waals surface area contributed by atoms with Crippen molar-refractivity contribution in [2.24, 2.45) is 0 Å². The Morgan fingerprint density at radius 1 is 1.07 bits per heavy atom. The van der Waals surface area contributed by atoms with E-state index in [1.807, 2.05) is 31.2 Å². The highest BCUT2D eigenvalue weighted by atomic mass is 16.5. The second kappa shape index (κ2) is 10.9. The summed E-state index contributed by atoms with van der Waals surface area (Å²) in [5.74, 6) is 2.14. The SMILES string of the molecule is CCOCCCNC(=O)c1cccc(-c2nccc(Oc3ccc(OC)cc3)n2)c1. The Kier molecular flexibility index (Phi) is 7.74. The molecule has 0 spiro atoms. The molecule has 3 aromatic rings. The van der Waals surface area contributed by atoms with Gasteiger partial charge in [-0.25, -0.2) is 4.98 Å². The zero-order chi connectivity index (χ0) is 21.2. The molecular weight excluding hydrogens is 382 g/mol. The van der Waals surface area contributed by atoms with Crippen LogP contribution in [-0.4, -0.2) is 42.7 Å². The lowest BCUT2D eigenvalue weighted by Gasteiger charge is -2.08. The zero-order valence-corrected chi connectivity index (χ0v) is 17.1. The maximum atomic E-state index is 12.4. The van der Waals surface area contributed by atoms with Crippen molar-refractivity contribution in [1.82, 2.24) is 15.3 Å². The molecular formula is C23H25N3O4. The quantitative estimate of drug-likeness (QED) is 0.510. The summed E-state index contributed by atoms with van der Waals surface area (Å²) >= 11 is 0. The molecule has 2 aromatic carbocycles. The third kappa shape index (κ3) is 6.02. The highest BCUT2D eigenvalue weighted by Gasteiger charge is 2.09. The number of hydrogen-bond donors (Lipinski definition) is 1. The lowest BCUT2D eigenvalue weighted by atomic mass is 10.1. The van der Waals surface area contributed by atoms with Crippen LogP contribution in [-0.2, 0) is 4.74 Å². The predicted octanol–water partition coefficient (Wildman–Crippen LogP) is 4.10. The van der Waals surface area contributed by atoms with Crippen molar-refractivity contribution in [2.75, 3.05) is 26.9 Å². The topological polar surface area (TPSA) is 82.6 Å². The Balaban J connectivity index is 1.67. The van der Waals surface area contributed by atoms with Gasteiger partial charge in [-0.05, 0) is 49.7 Å². The number of nitrogens with one attached hydrogen (secondary N) is 1. The first-order valence-corrected chi connectivity index (χ1v) is 9.81. The highest BCUT2D eigenvalue weighted by molar-refractivity contribution is 5.95. The first kappa shape index (κ1) is 21.3. The maximum absolute atomic E-state index is 12.4. The predicted molar refractivity (Wildman–Crippen MR) is 114 cm³/mol. The van der Waals surface area contributed by atoms with E-state index in [9.17, 15) is 4.79 Å². The summed E-state index contributed by atoms with van der Waals surface area (Å²) in [5.41, 5.74) is 1.28. The molecule has 0 unspecified atom stereocenters. The Labute approximate surface area is 176 Å². The van der Waals surface area contributed by atoms with E-state index in [0.717, 1.165) is 17.7 Å². The Bertz CT molecular complexity index is 961. The van der Waals surface area contributed by atoms with E-state index in [1.165, 1.54) is 0 Å². The average Bonchev–Trinajstić information content (AvgIpc) is 2.79. The number of carbonyl (C=O) groups excluding carboxylic acids is 1. The van der Waals surface area contributed by atoms with Gasteiger partial charge >= 0.3 is 0 Å². The molecule has 1 amide bonds. The smallest absolute Gasteiger partial charge is 0.251 e. The van der Waals surface area contributed by atoms with Gasteiger partial charge < -0.3 is 19.5 Å². The zero-order valence-electron chi connectivity index (χ0n) is 17.1. The van der Waals surface area contributed by atoms with E-state index < -0.39 is 0 Å². The summed E-state index contributed by atoms with van der Waals surface area (Å²) < 4.78 is 16.2. The Hall–Kier alpha value is -3.45. The minimum Gasteiger partial charge on any atom is -0.497 e. The van der Waals surface area contributed by atoms with Gasteiger partial charge in [0.05, 0.1) is 7.11 Å². The number of carbonyl (C=O) groups is 1. The van der Waals surface area contributed by atoms with Crippen LogP contribution in [0.3, 0.4) is 0 Å². The number of ether oxygens (including phenoxy) is 3. The molecule has 0 bridgehead atoms. The van der Waals surface area contributed by atoms with Crippen molar-refractivity contribution in [3.05, 3.63) is 66.4 Å². The van der Waals surface area contributed by atoms with Gasteiger partial charge in [0.25, 0.3) is 5.91 Å². The van der Waals surface area contributed by atoms with Crippen LogP contribution in [0.1, 0.15) is 23.7 Å². The van der Waals surface area contributed by atoms with Crippen molar-refractivity contribution < 1.29 is 19.0 Å².